The largest absolute Gasteiger partial charge is 0.481 e. The number of hydrogen-bond donors (Lipinski definition) is 1. The van der Waals surface area contributed by atoms with E-state index in [1.807, 2.05) is 32.2 Å². The quantitative estimate of drug-likeness (QED) is 0.263. The van der Waals surface area contributed by atoms with Crippen molar-refractivity contribution < 1.29 is 23.1 Å². The van der Waals surface area contributed by atoms with Crippen molar-refractivity contribution in [1.29, 1.82) is 0 Å². The zero-order chi connectivity index (χ0) is 24.0. The molecule has 4 nitrogen and oxygen atoms in total. The number of rotatable bonds is 10. The second kappa shape index (κ2) is 10.9. The Morgan fingerprint density at radius 1 is 1.03 bits per heavy atom. The Hall–Kier alpha value is -2.74. The highest BCUT2D eigenvalue weighted by Gasteiger charge is 2.30. The Kier molecular flexibility index (Phi) is 8.24. The molecular weight excluding hydrogens is 449 g/mol. The fourth-order valence-electron chi connectivity index (χ4n) is 3.56. The summed E-state index contributed by atoms with van der Waals surface area (Å²) in [6, 6.07) is 11.2. The van der Waals surface area contributed by atoms with Gasteiger partial charge < -0.3 is 5.11 Å². The van der Waals surface area contributed by atoms with Crippen LogP contribution in [0.1, 0.15) is 47.2 Å². The van der Waals surface area contributed by atoms with Crippen LogP contribution in [0.2, 0.25) is 0 Å². The maximum Gasteiger partial charge on any atom is 0.416 e. The summed E-state index contributed by atoms with van der Waals surface area (Å²) in [5, 5.41) is 13.3. The number of nitrogens with zero attached hydrogens (tertiary/aromatic N) is 2. The minimum atomic E-state index is -4.34. The fraction of sp³-hybridized carbons (Fsp3) is 0.360. The van der Waals surface area contributed by atoms with Crippen molar-refractivity contribution in [2.45, 2.75) is 57.0 Å². The van der Waals surface area contributed by atoms with Gasteiger partial charge in [-0.15, -0.1) is 11.8 Å². The molecule has 0 aliphatic heterocycles. The Bertz CT molecular complexity index is 1090. The van der Waals surface area contributed by atoms with E-state index < -0.39 is 17.7 Å². The summed E-state index contributed by atoms with van der Waals surface area (Å²) >= 11 is 1.78. The number of aliphatic carboxylic acids is 1. The zero-order valence-corrected chi connectivity index (χ0v) is 19.5. The average Bonchev–Trinajstić information content (AvgIpc) is 3.13. The van der Waals surface area contributed by atoms with E-state index in [2.05, 4.69) is 11.2 Å². The first-order chi connectivity index (χ1) is 15.6. The number of alkyl halides is 3. The summed E-state index contributed by atoms with van der Waals surface area (Å²) < 4.78 is 39.9. The standard InChI is InChI=1S/C25H27F3N2O2S/c1-17-15-23(12-6-19(17)7-13-24(31)32)33-14-4-3-5-20-16-30(29-18(20)2)22-10-8-21(9-11-22)25(26,27)28/h6,8-12,15-16H,3-5,7,13-14H2,1-2H3,(H,31,32). The molecule has 1 heterocycles. The van der Waals surface area contributed by atoms with Gasteiger partial charge in [0.25, 0.3) is 0 Å². The fourth-order valence-corrected chi connectivity index (χ4v) is 4.57. The molecule has 0 aliphatic carbocycles. The summed E-state index contributed by atoms with van der Waals surface area (Å²) in [4.78, 5) is 11.9. The van der Waals surface area contributed by atoms with Crippen LogP contribution in [0.25, 0.3) is 5.69 Å². The van der Waals surface area contributed by atoms with E-state index in [9.17, 15) is 18.0 Å². The van der Waals surface area contributed by atoms with Crippen LogP contribution in [-0.2, 0) is 23.8 Å². The second-order valence-corrected chi connectivity index (χ2v) is 9.18. The molecule has 0 bridgehead atoms. The van der Waals surface area contributed by atoms with Gasteiger partial charge >= 0.3 is 12.1 Å². The van der Waals surface area contributed by atoms with Crippen molar-refractivity contribution in [3.05, 3.63) is 76.6 Å². The number of carbonyl (C=O) groups is 1. The van der Waals surface area contributed by atoms with Gasteiger partial charge in [0.2, 0.25) is 0 Å². The monoisotopic (exact) mass is 476 g/mol. The molecular formula is C25H27F3N2O2S. The van der Waals surface area contributed by atoms with Crippen molar-refractivity contribution >= 4 is 17.7 Å². The smallest absolute Gasteiger partial charge is 0.416 e. The number of unbranched alkanes of at least 4 members (excludes halogenated alkanes) is 1. The molecule has 0 saturated heterocycles. The van der Waals surface area contributed by atoms with E-state index in [4.69, 9.17) is 5.11 Å². The van der Waals surface area contributed by atoms with Crippen LogP contribution in [0.15, 0.2) is 53.6 Å². The lowest BCUT2D eigenvalue weighted by molar-refractivity contribution is -0.138. The molecule has 8 heteroatoms. The number of aryl methyl sites for hydroxylation is 4. The number of benzene rings is 2. The third-order valence-electron chi connectivity index (χ3n) is 5.49. The molecule has 0 amide bonds. The van der Waals surface area contributed by atoms with Crippen LogP contribution in [-0.4, -0.2) is 26.6 Å². The molecule has 0 saturated carbocycles. The summed E-state index contributed by atoms with van der Waals surface area (Å²) in [5.74, 6) is 0.188. The van der Waals surface area contributed by atoms with Crippen molar-refractivity contribution in [1.82, 2.24) is 9.78 Å². The molecule has 0 radical (unpaired) electrons. The number of carboxylic acid groups (broad SMARTS) is 1. The number of aromatic nitrogens is 2. The van der Waals surface area contributed by atoms with E-state index in [1.165, 1.54) is 17.0 Å². The summed E-state index contributed by atoms with van der Waals surface area (Å²) in [6.45, 7) is 3.93. The van der Waals surface area contributed by atoms with Crippen molar-refractivity contribution in [2.75, 3.05) is 5.75 Å². The van der Waals surface area contributed by atoms with Gasteiger partial charge in [0.05, 0.1) is 16.9 Å². The minimum absolute atomic E-state index is 0.141. The van der Waals surface area contributed by atoms with Gasteiger partial charge in [-0.25, -0.2) is 4.68 Å². The third kappa shape index (κ3) is 7.12. The molecule has 2 aromatic carbocycles. The molecule has 0 aliphatic rings. The lowest BCUT2D eigenvalue weighted by atomic mass is 10.0. The summed E-state index contributed by atoms with van der Waals surface area (Å²) in [6.07, 6.45) is 1.11. The van der Waals surface area contributed by atoms with Crippen LogP contribution in [0.5, 0.6) is 0 Å². The molecule has 0 unspecified atom stereocenters. The van der Waals surface area contributed by atoms with Gasteiger partial charge in [-0.2, -0.15) is 18.3 Å². The van der Waals surface area contributed by atoms with E-state index in [0.717, 1.165) is 59.5 Å². The molecule has 3 rings (SSSR count). The Morgan fingerprint density at radius 2 is 1.76 bits per heavy atom. The molecule has 0 atom stereocenters. The number of thioether (sulfide) groups is 1. The van der Waals surface area contributed by atoms with Crippen molar-refractivity contribution in [3.8, 4) is 5.69 Å². The highest BCUT2D eigenvalue weighted by Crippen LogP contribution is 2.30. The van der Waals surface area contributed by atoms with E-state index >= 15 is 0 Å². The first-order valence-corrected chi connectivity index (χ1v) is 11.8. The van der Waals surface area contributed by atoms with Crippen LogP contribution in [0, 0.1) is 13.8 Å². The number of hydrogen-bond acceptors (Lipinski definition) is 3. The molecule has 3 aromatic rings. The summed E-state index contributed by atoms with van der Waals surface area (Å²) in [7, 11) is 0. The number of halogens is 3. The molecule has 33 heavy (non-hydrogen) atoms. The number of carboxylic acids is 1. The van der Waals surface area contributed by atoms with Gasteiger partial charge in [-0.3, -0.25) is 4.79 Å². The molecule has 0 spiro atoms. The molecule has 176 valence electrons. The first kappa shape index (κ1) is 24.9. The predicted molar refractivity (Wildman–Crippen MR) is 124 cm³/mol. The highest BCUT2D eigenvalue weighted by molar-refractivity contribution is 7.99. The lowest BCUT2D eigenvalue weighted by Gasteiger charge is -2.08. The Labute approximate surface area is 195 Å². The van der Waals surface area contributed by atoms with Crippen LogP contribution in [0.3, 0.4) is 0 Å². The zero-order valence-electron chi connectivity index (χ0n) is 18.7. The van der Waals surface area contributed by atoms with Crippen LogP contribution < -0.4 is 0 Å². The van der Waals surface area contributed by atoms with Gasteiger partial charge in [0.1, 0.15) is 0 Å². The maximum absolute atomic E-state index is 12.8. The SMILES string of the molecule is Cc1cc(SCCCCc2cn(-c3ccc(C(F)(F)F)cc3)nc2C)ccc1CCC(=O)O. The van der Waals surface area contributed by atoms with Gasteiger partial charge in [-0.05, 0) is 98.4 Å². The van der Waals surface area contributed by atoms with E-state index in [0.29, 0.717) is 12.1 Å². The third-order valence-corrected chi connectivity index (χ3v) is 6.57. The topological polar surface area (TPSA) is 55.1 Å². The summed E-state index contributed by atoms with van der Waals surface area (Å²) in [5.41, 5.74) is 4.11. The van der Waals surface area contributed by atoms with Crippen LogP contribution in [0.4, 0.5) is 13.2 Å². The molecule has 1 N–H and O–H groups in total. The molecule has 1 aromatic heterocycles. The van der Waals surface area contributed by atoms with Gasteiger partial charge in [-0.1, -0.05) is 6.07 Å². The van der Waals surface area contributed by atoms with E-state index in [1.54, 1.807) is 16.4 Å². The van der Waals surface area contributed by atoms with Gasteiger partial charge in [0, 0.05) is 17.5 Å². The van der Waals surface area contributed by atoms with Crippen LogP contribution >= 0.6 is 11.8 Å². The normalized spacial score (nSPS) is 11.7. The average molecular weight is 477 g/mol. The van der Waals surface area contributed by atoms with E-state index in [-0.39, 0.29) is 6.42 Å². The van der Waals surface area contributed by atoms with Crippen molar-refractivity contribution in [2.24, 2.45) is 0 Å². The van der Waals surface area contributed by atoms with Crippen molar-refractivity contribution in [3.63, 3.8) is 0 Å². The van der Waals surface area contributed by atoms with Gasteiger partial charge in [0.15, 0.2) is 0 Å². The Morgan fingerprint density at radius 3 is 2.39 bits per heavy atom. The highest BCUT2D eigenvalue weighted by atomic mass is 32.2. The lowest BCUT2D eigenvalue weighted by Crippen LogP contribution is -2.05. The molecule has 0 fully saturated rings. The maximum atomic E-state index is 12.8. The minimum Gasteiger partial charge on any atom is -0.481 e. The Balaban J connectivity index is 1.47. The predicted octanol–water partition coefficient (Wildman–Crippen LogP) is 6.64. The first-order valence-electron chi connectivity index (χ1n) is 10.8. The second-order valence-electron chi connectivity index (χ2n) is 8.02.